The minimum atomic E-state index is -0.507. The van der Waals surface area contributed by atoms with Crippen molar-refractivity contribution in [2.24, 2.45) is 11.8 Å². The van der Waals surface area contributed by atoms with E-state index >= 15 is 0 Å². The Labute approximate surface area is 149 Å². The normalized spacial score (nSPS) is 32.9. The zero-order valence-electron chi connectivity index (χ0n) is 15.4. The van der Waals surface area contributed by atoms with E-state index in [0.717, 1.165) is 11.1 Å². The first-order valence-corrected chi connectivity index (χ1v) is 8.75. The molecular weight excluding hydrogens is 316 g/mol. The van der Waals surface area contributed by atoms with Gasteiger partial charge >= 0.3 is 6.09 Å². The highest BCUT2D eigenvalue weighted by Crippen LogP contribution is 2.38. The summed E-state index contributed by atoms with van der Waals surface area (Å²) in [5, 5.41) is 0. The summed E-state index contributed by atoms with van der Waals surface area (Å²) < 4.78 is 5.53. The fourth-order valence-corrected chi connectivity index (χ4v) is 3.67. The van der Waals surface area contributed by atoms with Crippen molar-refractivity contribution in [1.82, 2.24) is 9.80 Å². The first-order valence-electron chi connectivity index (χ1n) is 8.75. The summed E-state index contributed by atoms with van der Waals surface area (Å²) in [5.41, 5.74) is 1.24. The zero-order chi connectivity index (χ0) is 18.2. The summed E-state index contributed by atoms with van der Waals surface area (Å²) in [7, 11) is 1.83. The fourth-order valence-electron chi connectivity index (χ4n) is 3.67. The van der Waals surface area contributed by atoms with Crippen molar-refractivity contribution in [2.75, 3.05) is 26.7 Å². The van der Waals surface area contributed by atoms with Crippen LogP contribution in [-0.2, 0) is 9.53 Å². The highest BCUT2D eigenvalue weighted by atomic mass is 16.6. The lowest BCUT2D eigenvalue weighted by Gasteiger charge is -2.25. The number of hydrogen-bond acceptors (Lipinski definition) is 3. The second kappa shape index (κ2) is 6.54. The van der Waals surface area contributed by atoms with Crippen LogP contribution in [0.25, 0.3) is 0 Å². The van der Waals surface area contributed by atoms with Crippen LogP contribution in [0.4, 0.5) is 4.79 Å². The van der Waals surface area contributed by atoms with Gasteiger partial charge in [-0.1, -0.05) is 30.4 Å². The van der Waals surface area contributed by atoms with Crippen LogP contribution in [0.3, 0.4) is 0 Å². The van der Waals surface area contributed by atoms with Crippen molar-refractivity contribution in [3.05, 3.63) is 47.6 Å². The second-order valence-corrected chi connectivity index (χ2v) is 7.91. The molecule has 2 aliphatic heterocycles. The molecule has 3 rings (SSSR count). The molecule has 2 fully saturated rings. The Morgan fingerprint density at radius 2 is 1.76 bits per heavy atom. The van der Waals surface area contributed by atoms with Crippen LogP contribution in [0.1, 0.15) is 20.8 Å². The number of ether oxygens (including phenoxy) is 1. The predicted molar refractivity (Wildman–Crippen MR) is 96.9 cm³/mol. The molecule has 2 unspecified atom stereocenters. The average molecular weight is 342 g/mol. The molecule has 2 heterocycles. The Balaban J connectivity index is 1.89. The van der Waals surface area contributed by atoms with Crippen LogP contribution in [-0.4, -0.2) is 54.1 Å². The van der Waals surface area contributed by atoms with Crippen molar-refractivity contribution in [1.29, 1.82) is 0 Å². The molecular formula is C20H26N2O3. The lowest BCUT2D eigenvalue weighted by Crippen LogP contribution is -2.37. The highest BCUT2D eigenvalue weighted by Gasteiger charge is 2.43. The van der Waals surface area contributed by atoms with Crippen molar-refractivity contribution >= 4 is 12.0 Å². The molecule has 0 aromatic heterocycles. The van der Waals surface area contributed by atoms with Crippen molar-refractivity contribution in [3.63, 3.8) is 0 Å². The minimum absolute atomic E-state index is 0.0458. The molecule has 0 aromatic carbocycles. The largest absolute Gasteiger partial charge is 0.444 e. The van der Waals surface area contributed by atoms with E-state index in [0.29, 0.717) is 19.6 Å². The summed E-state index contributed by atoms with van der Waals surface area (Å²) in [6, 6.07) is 0. The van der Waals surface area contributed by atoms with E-state index in [1.54, 1.807) is 9.80 Å². The number of carbonyl (C=O) groups excluding carboxylic acids is 2. The van der Waals surface area contributed by atoms with Crippen molar-refractivity contribution < 1.29 is 14.3 Å². The number of allylic oxidation sites excluding steroid dienone is 6. The van der Waals surface area contributed by atoms with Crippen LogP contribution >= 0.6 is 0 Å². The Bertz CT molecular complexity index is 694. The van der Waals surface area contributed by atoms with E-state index in [9.17, 15) is 9.59 Å². The molecule has 134 valence electrons. The number of nitrogens with zero attached hydrogens (tertiary/aromatic N) is 2. The van der Waals surface area contributed by atoms with Gasteiger partial charge in [0.1, 0.15) is 5.60 Å². The number of rotatable bonds is 0. The quantitative estimate of drug-likeness (QED) is 0.680. The van der Waals surface area contributed by atoms with Gasteiger partial charge in [-0.15, -0.1) is 0 Å². The van der Waals surface area contributed by atoms with Gasteiger partial charge in [-0.25, -0.2) is 4.79 Å². The van der Waals surface area contributed by atoms with Crippen LogP contribution in [0, 0.1) is 11.8 Å². The van der Waals surface area contributed by atoms with Gasteiger partial charge in [-0.2, -0.15) is 0 Å². The van der Waals surface area contributed by atoms with Crippen LogP contribution in [0.5, 0.6) is 0 Å². The molecule has 0 saturated carbocycles. The van der Waals surface area contributed by atoms with Gasteiger partial charge in [0.25, 0.3) is 5.91 Å². The summed E-state index contributed by atoms with van der Waals surface area (Å²) in [5.74, 6) is 0.406. The molecule has 0 radical (unpaired) electrons. The Morgan fingerprint density at radius 1 is 1.08 bits per heavy atom. The lowest BCUT2D eigenvalue weighted by molar-refractivity contribution is -0.125. The first kappa shape index (κ1) is 17.5. The van der Waals surface area contributed by atoms with E-state index in [4.69, 9.17) is 4.74 Å². The lowest BCUT2D eigenvalue weighted by atomic mass is 9.85. The van der Waals surface area contributed by atoms with Crippen molar-refractivity contribution in [2.45, 2.75) is 26.4 Å². The van der Waals surface area contributed by atoms with Gasteiger partial charge in [0.05, 0.1) is 0 Å². The van der Waals surface area contributed by atoms with E-state index in [1.807, 2.05) is 64.3 Å². The zero-order valence-corrected chi connectivity index (χ0v) is 15.4. The first-order chi connectivity index (χ1) is 11.8. The molecule has 25 heavy (non-hydrogen) atoms. The molecule has 2 saturated heterocycles. The SMILES string of the molecule is CN1CC2CN(C(=O)OC(C)(C)C)CC2C2=C/C=C\C=C/C=C\2C1=O. The van der Waals surface area contributed by atoms with Gasteiger partial charge in [-0.3, -0.25) is 4.79 Å². The number of amides is 2. The molecule has 1 aliphatic carbocycles. The smallest absolute Gasteiger partial charge is 0.410 e. The minimum Gasteiger partial charge on any atom is -0.444 e. The predicted octanol–water partition coefficient (Wildman–Crippen LogP) is 2.92. The third kappa shape index (κ3) is 3.70. The highest BCUT2D eigenvalue weighted by molar-refractivity contribution is 5.98. The summed E-state index contributed by atoms with van der Waals surface area (Å²) in [6.07, 6.45) is 11.3. The maximum atomic E-state index is 12.7. The Hall–Kier alpha value is -2.30. The van der Waals surface area contributed by atoms with Crippen LogP contribution in [0.15, 0.2) is 47.6 Å². The summed E-state index contributed by atoms with van der Waals surface area (Å²) in [6.45, 7) is 7.47. The molecule has 5 heteroatoms. The number of hydrogen-bond donors (Lipinski definition) is 0. The summed E-state index contributed by atoms with van der Waals surface area (Å²) >= 11 is 0. The van der Waals surface area contributed by atoms with Crippen LogP contribution in [0.2, 0.25) is 0 Å². The van der Waals surface area contributed by atoms with E-state index in [1.165, 1.54) is 0 Å². The number of likely N-dealkylation sites (tertiary alicyclic amines) is 2. The van der Waals surface area contributed by atoms with Crippen molar-refractivity contribution in [3.8, 4) is 0 Å². The second-order valence-electron chi connectivity index (χ2n) is 7.91. The average Bonchev–Trinajstić information content (AvgIpc) is 2.85. The molecule has 0 aromatic rings. The third-order valence-electron chi connectivity index (χ3n) is 4.76. The fraction of sp³-hybridized carbons (Fsp3) is 0.500. The van der Waals surface area contributed by atoms with Gasteiger partial charge in [0.2, 0.25) is 0 Å². The van der Waals surface area contributed by atoms with E-state index in [-0.39, 0.29) is 23.8 Å². The topological polar surface area (TPSA) is 49.9 Å². The molecule has 0 bridgehead atoms. The maximum Gasteiger partial charge on any atom is 0.410 e. The molecule has 0 spiro atoms. The van der Waals surface area contributed by atoms with Gasteiger partial charge in [0.15, 0.2) is 0 Å². The van der Waals surface area contributed by atoms with Gasteiger partial charge in [-0.05, 0) is 32.4 Å². The van der Waals surface area contributed by atoms with Gasteiger partial charge < -0.3 is 14.5 Å². The molecule has 5 nitrogen and oxygen atoms in total. The summed E-state index contributed by atoms with van der Waals surface area (Å²) in [4.78, 5) is 28.8. The van der Waals surface area contributed by atoms with Gasteiger partial charge in [0, 0.05) is 44.1 Å². The monoisotopic (exact) mass is 342 g/mol. The van der Waals surface area contributed by atoms with Crippen LogP contribution < -0.4 is 0 Å². The third-order valence-corrected chi connectivity index (χ3v) is 4.76. The van der Waals surface area contributed by atoms with E-state index < -0.39 is 5.60 Å². The number of likely N-dealkylation sites (N-methyl/N-ethyl adjacent to an activating group) is 1. The standard InChI is InChI=1S/C20H26N2O3/c1-20(2,3)25-19(24)22-12-14-11-21(4)18(23)16-10-8-6-5-7-9-15(16)17(14)13-22/h5-10,14,17H,11-13H2,1-4H3/b6-5?,7-5-,8-6-,9-7?,10-8?,15-9+,16-10+. The molecule has 2 atom stereocenters. The Morgan fingerprint density at radius 3 is 2.44 bits per heavy atom. The number of fused-ring (bicyclic) bond motifs is 3. The molecule has 3 aliphatic rings. The Kier molecular flexibility index (Phi) is 4.58. The maximum absolute atomic E-state index is 12.7. The molecule has 2 amide bonds. The number of carbonyl (C=O) groups is 2. The van der Waals surface area contributed by atoms with E-state index in [2.05, 4.69) is 0 Å². The molecule has 0 N–H and O–H groups in total.